The van der Waals surface area contributed by atoms with Gasteiger partial charge in [0.25, 0.3) is 0 Å². The molecule has 1 fully saturated rings. The fourth-order valence-corrected chi connectivity index (χ4v) is 3.10. The summed E-state index contributed by atoms with van der Waals surface area (Å²) >= 11 is 0. The fourth-order valence-electron chi connectivity index (χ4n) is 3.10. The van der Waals surface area contributed by atoms with Crippen molar-refractivity contribution in [3.63, 3.8) is 0 Å². The van der Waals surface area contributed by atoms with Gasteiger partial charge in [-0.25, -0.2) is 0 Å². The van der Waals surface area contributed by atoms with Crippen molar-refractivity contribution in [1.82, 2.24) is 4.90 Å². The van der Waals surface area contributed by atoms with Crippen LogP contribution in [0.25, 0.3) is 0 Å². The van der Waals surface area contributed by atoms with E-state index >= 15 is 0 Å². The van der Waals surface area contributed by atoms with Crippen molar-refractivity contribution in [2.24, 2.45) is 10.9 Å². The molecule has 0 saturated heterocycles. The minimum Gasteiger partial charge on any atom is -0.409 e. The minimum absolute atomic E-state index is 0.324. The molecule has 1 aromatic carbocycles. The fraction of sp³-hybridized carbons (Fsp3) is 0.562. The maximum atomic E-state index is 8.64. The van der Waals surface area contributed by atoms with E-state index in [-0.39, 0.29) is 0 Å². The van der Waals surface area contributed by atoms with Crippen LogP contribution in [0.15, 0.2) is 23.4 Å². The summed E-state index contributed by atoms with van der Waals surface area (Å²) in [5, 5.41) is 11.7. The van der Waals surface area contributed by atoms with Crippen molar-refractivity contribution < 1.29 is 5.21 Å². The highest BCUT2D eigenvalue weighted by Gasteiger charge is 2.28. The molecule has 0 heterocycles. The number of aryl methyl sites for hydroxylation is 2. The van der Waals surface area contributed by atoms with Crippen LogP contribution in [0.4, 0.5) is 0 Å². The predicted molar refractivity (Wildman–Crippen MR) is 79.9 cm³/mol. The molecule has 0 unspecified atom stereocenters. The Kier molecular flexibility index (Phi) is 3.92. The maximum absolute atomic E-state index is 8.64. The maximum Gasteiger partial charge on any atom is 0.140 e. The molecule has 0 spiro atoms. The minimum atomic E-state index is 0.324. The zero-order valence-electron chi connectivity index (χ0n) is 11.9. The second kappa shape index (κ2) is 5.83. The van der Waals surface area contributed by atoms with Gasteiger partial charge < -0.3 is 10.9 Å². The summed E-state index contributed by atoms with van der Waals surface area (Å²) < 4.78 is 0. The van der Waals surface area contributed by atoms with Crippen LogP contribution in [0.5, 0.6) is 0 Å². The average Bonchev–Trinajstić information content (AvgIpc) is 3.21. The van der Waals surface area contributed by atoms with Gasteiger partial charge >= 0.3 is 0 Å². The third-order valence-corrected chi connectivity index (χ3v) is 4.40. The van der Waals surface area contributed by atoms with E-state index in [4.69, 9.17) is 10.9 Å². The molecule has 2 aliphatic rings. The number of amidine groups is 1. The third-order valence-electron chi connectivity index (χ3n) is 4.40. The molecule has 1 saturated carbocycles. The van der Waals surface area contributed by atoms with Gasteiger partial charge in [0.05, 0.1) is 0 Å². The van der Waals surface area contributed by atoms with Gasteiger partial charge in [-0.1, -0.05) is 23.4 Å². The van der Waals surface area contributed by atoms with E-state index < -0.39 is 0 Å². The number of benzene rings is 1. The summed E-state index contributed by atoms with van der Waals surface area (Å²) in [4.78, 5) is 2.47. The van der Waals surface area contributed by atoms with Gasteiger partial charge in [0.15, 0.2) is 0 Å². The van der Waals surface area contributed by atoms with E-state index in [0.717, 1.165) is 13.1 Å². The molecular formula is C16H23N3O. The lowest BCUT2D eigenvalue weighted by Crippen LogP contribution is -2.30. The second-order valence-electron chi connectivity index (χ2n) is 6.00. The van der Waals surface area contributed by atoms with E-state index in [1.165, 1.54) is 48.8 Å². The van der Waals surface area contributed by atoms with Crippen LogP contribution in [0.1, 0.15) is 42.4 Å². The van der Waals surface area contributed by atoms with Crippen LogP contribution >= 0.6 is 0 Å². The molecular weight excluding hydrogens is 250 g/mol. The molecule has 3 rings (SSSR count). The lowest BCUT2D eigenvalue weighted by molar-refractivity contribution is 0.259. The van der Waals surface area contributed by atoms with Crippen LogP contribution in [0, 0.1) is 0 Å². The Hall–Kier alpha value is -1.55. The summed E-state index contributed by atoms with van der Waals surface area (Å²) in [5.74, 6) is 0.324. The number of nitrogens with zero attached hydrogens (tertiary/aromatic N) is 2. The zero-order chi connectivity index (χ0) is 13.9. The number of rotatable bonds is 6. The quantitative estimate of drug-likeness (QED) is 0.362. The van der Waals surface area contributed by atoms with Crippen molar-refractivity contribution in [1.29, 1.82) is 0 Å². The summed E-state index contributed by atoms with van der Waals surface area (Å²) in [6.07, 6.45) is 6.97. The highest BCUT2D eigenvalue weighted by molar-refractivity contribution is 5.79. The zero-order valence-corrected chi connectivity index (χ0v) is 11.9. The van der Waals surface area contributed by atoms with Crippen LogP contribution in [-0.2, 0) is 19.4 Å². The molecule has 0 amide bonds. The number of nitrogens with two attached hydrogens (primary N) is 1. The molecule has 4 nitrogen and oxygen atoms in total. The molecule has 20 heavy (non-hydrogen) atoms. The van der Waals surface area contributed by atoms with E-state index in [1.54, 1.807) is 0 Å². The van der Waals surface area contributed by atoms with Crippen molar-refractivity contribution in [3.8, 4) is 0 Å². The van der Waals surface area contributed by atoms with Crippen LogP contribution in [0.3, 0.4) is 0 Å². The lowest BCUT2D eigenvalue weighted by atomic mass is 10.1. The van der Waals surface area contributed by atoms with Gasteiger partial charge in [-0.2, -0.15) is 0 Å². The summed E-state index contributed by atoms with van der Waals surface area (Å²) in [6.45, 7) is 1.86. The average molecular weight is 273 g/mol. The SMILES string of the molecule is NC(CCN(Cc1ccc2c(c1)CCC2)C1CC1)=NO. The molecule has 0 radical (unpaired) electrons. The third kappa shape index (κ3) is 3.12. The topological polar surface area (TPSA) is 61.8 Å². The van der Waals surface area contributed by atoms with Crippen LogP contribution in [0.2, 0.25) is 0 Å². The first-order chi connectivity index (χ1) is 9.76. The molecule has 4 heteroatoms. The Morgan fingerprint density at radius 2 is 2.10 bits per heavy atom. The summed E-state index contributed by atoms with van der Waals surface area (Å²) in [5.41, 5.74) is 10.1. The van der Waals surface area contributed by atoms with Gasteiger partial charge in [-0.15, -0.1) is 0 Å². The number of oxime groups is 1. The smallest absolute Gasteiger partial charge is 0.140 e. The first-order valence-electron chi connectivity index (χ1n) is 7.57. The van der Waals surface area contributed by atoms with Crippen LogP contribution in [-0.4, -0.2) is 28.5 Å². The summed E-state index contributed by atoms with van der Waals surface area (Å²) in [7, 11) is 0. The summed E-state index contributed by atoms with van der Waals surface area (Å²) in [6, 6.07) is 7.63. The van der Waals surface area contributed by atoms with Gasteiger partial charge in [0.1, 0.15) is 5.84 Å². The molecule has 0 aliphatic heterocycles. The molecule has 0 bridgehead atoms. The highest BCUT2D eigenvalue weighted by atomic mass is 16.4. The Balaban J connectivity index is 1.64. The van der Waals surface area contributed by atoms with E-state index in [9.17, 15) is 0 Å². The Labute approximate surface area is 120 Å². The normalized spacial score (nSPS) is 18.6. The Bertz CT molecular complexity index is 508. The number of hydrogen-bond donors (Lipinski definition) is 2. The van der Waals surface area contributed by atoms with Gasteiger partial charge in [0, 0.05) is 25.6 Å². The molecule has 2 aliphatic carbocycles. The van der Waals surface area contributed by atoms with Crippen molar-refractivity contribution in [2.45, 2.75) is 51.1 Å². The standard InChI is InChI=1S/C16H23N3O/c17-16(18-20)8-9-19(15-6-7-15)11-12-4-5-13-2-1-3-14(13)10-12/h4-5,10,15,20H,1-3,6-9,11H2,(H2,17,18). The Morgan fingerprint density at radius 3 is 2.85 bits per heavy atom. The monoisotopic (exact) mass is 273 g/mol. The van der Waals surface area contributed by atoms with Gasteiger partial charge in [-0.05, 0) is 48.8 Å². The second-order valence-corrected chi connectivity index (χ2v) is 6.00. The van der Waals surface area contributed by atoms with E-state index in [2.05, 4.69) is 28.3 Å². The lowest BCUT2D eigenvalue weighted by Gasteiger charge is -2.22. The van der Waals surface area contributed by atoms with Crippen molar-refractivity contribution >= 4 is 5.84 Å². The predicted octanol–water partition coefficient (Wildman–Crippen LogP) is 2.28. The first-order valence-corrected chi connectivity index (χ1v) is 7.57. The van der Waals surface area contributed by atoms with Crippen molar-refractivity contribution in [3.05, 3.63) is 34.9 Å². The number of hydrogen-bond acceptors (Lipinski definition) is 3. The molecule has 1 aromatic rings. The highest BCUT2D eigenvalue weighted by Crippen LogP contribution is 2.29. The largest absolute Gasteiger partial charge is 0.409 e. The number of fused-ring (bicyclic) bond motifs is 1. The molecule has 0 aromatic heterocycles. The van der Waals surface area contributed by atoms with Gasteiger partial charge in [0.2, 0.25) is 0 Å². The molecule has 0 atom stereocenters. The van der Waals surface area contributed by atoms with E-state index in [0.29, 0.717) is 18.3 Å². The Morgan fingerprint density at radius 1 is 1.30 bits per heavy atom. The molecule has 108 valence electrons. The first kappa shape index (κ1) is 13.4. The van der Waals surface area contributed by atoms with Gasteiger partial charge in [-0.3, -0.25) is 4.90 Å². The van der Waals surface area contributed by atoms with Crippen molar-refractivity contribution in [2.75, 3.05) is 6.54 Å². The van der Waals surface area contributed by atoms with E-state index in [1.807, 2.05) is 0 Å². The van der Waals surface area contributed by atoms with Crippen LogP contribution < -0.4 is 5.73 Å². The molecule has 3 N–H and O–H groups in total.